The van der Waals surface area contributed by atoms with E-state index in [9.17, 15) is 35.9 Å². The molecular formula is C21H15F6N3O3. The summed E-state index contributed by atoms with van der Waals surface area (Å²) in [5, 5.41) is 6.10. The van der Waals surface area contributed by atoms with Gasteiger partial charge in [0.25, 0.3) is 5.91 Å². The second kappa shape index (κ2) is 8.96. The lowest BCUT2D eigenvalue weighted by Gasteiger charge is -2.16. The van der Waals surface area contributed by atoms with Gasteiger partial charge in [-0.2, -0.15) is 31.4 Å². The fourth-order valence-electron chi connectivity index (χ4n) is 2.87. The molecule has 0 unspecified atom stereocenters. The van der Waals surface area contributed by atoms with Crippen LogP contribution < -0.4 is 15.5 Å². The van der Waals surface area contributed by atoms with Gasteiger partial charge < -0.3 is 10.1 Å². The zero-order chi connectivity index (χ0) is 24.4. The van der Waals surface area contributed by atoms with E-state index >= 15 is 0 Å². The standard InChI is InChI=1S/C21H15F6N3O3/c1-12-9-17(31)18(29-30(12)16-8-3-2-7-15(16)21(25,26)27)19(32)28-13-5-4-6-14(10-13)33-11-20(22,23)24/h2-10H,11H2,1H3,(H,28,32). The van der Waals surface area contributed by atoms with Crippen LogP contribution in [0.25, 0.3) is 5.69 Å². The molecule has 0 aliphatic rings. The first kappa shape index (κ1) is 23.8. The number of para-hydroxylation sites is 1. The minimum Gasteiger partial charge on any atom is -0.484 e. The molecule has 0 aliphatic heterocycles. The quantitative estimate of drug-likeness (QED) is 0.545. The van der Waals surface area contributed by atoms with Crippen molar-refractivity contribution in [1.29, 1.82) is 0 Å². The number of halogens is 6. The Balaban J connectivity index is 1.93. The van der Waals surface area contributed by atoms with Crippen LogP contribution >= 0.6 is 0 Å². The van der Waals surface area contributed by atoms with E-state index in [-0.39, 0.29) is 22.8 Å². The van der Waals surface area contributed by atoms with Crippen LogP contribution in [0.1, 0.15) is 21.7 Å². The van der Waals surface area contributed by atoms with Gasteiger partial charge in [-0.05, 0) is 31.2 Å². The molecule has 0 saturated heterocycles. The second-order valence-corrected chi connectivity index (χ2v) is 6.81. The molecule has 12 heteroatoms. The lowest BCUT2D eigenvalue weighted by molar-refractivity contribution is -0.153. The number of carbonyl (C=O) groups is 1. The van der Waals surface area contributed by atoms with Crippen LogP contribution in [-0.4, -0.2) is 28.5 Å². The van der Waals surface area contributed by atoms with Gasteiger partial charge in [0.15, 0.2) is 12.3 Å². The van der Waals surface area contributed by atoms with Crippen molar-refractivity contribution in [2.45, 2.75) is 19.3 Å². The van der Waals surface area contributed by atoms with Crippen molar-refractivity contribution in [3.8, 4) is 11.4 Å². The van der Waals surface area contributed by atoms with Crippen molar-refractivity contribution in [1.82, 2.24) is 9.78 Å². The Morgan fingerprint density at radius 1 is 1.03 bits per heavy atom. The summed E-state index contributed by atoms with van der Waals surface area (Å²) in [6.07, 6.45) is -9.28. The van der Waals surface area contributed by atoms with E-state index in [1.54, 1.807) is 0 Å². The lowest BCUT2D eigenvalue weighted by Crippen LogP contribution is -2.27. The summed E-state index contributed by atoms with van der Waals surface area (Å²) >= 11 is 0. The van der Waals surface area contributed by atoms with Gasteiger partial charge in [0.2, 0.25) is 5.43 Å². The van der Waals surface area contributed by atoms with E-state index in [1.165, 1.54) is 37.3 Å². The highest BCUT2D eigenvalue weighted by Gasteiger charge is 2.34. The molecule has 0 bridgehead atoms. The van der Waals surface area contributed by atoms with E-state index in [2.05, 4.69) is 15.2 Å². The maximum Gasteiger partial charge on any atom is 0.422 e. The van der Waals surface area contributed by atoms with E-state index in [0.29, 0.717) is 0 Å². The molecule has 0 saturated carbocycles. The third kappa shape index (κ3) is 5.90. The van der Waals surface area contributed by atoms with Gasteiger partial charge in [-0.15, -0.1) is 0 Å². The maximum absolute atomic E-state index is 13.4. The number of amides is 1. The molecular weight excluding hydrogens is 456 g/mol. The Bertz CT molecular complexity index is 1230. The van der Waals surface area contributed by atoms with E-state index in [0.717, 1.165) is 28.9 Å². The predicted octanol–water partition coefficient (Wildman–Crippen LogP) is 4.75. The largest absolute Gasteiger partial charge is 0.484 e. The molecule has 1 N–H and O–H groups in total. The Morgan fingerprint density at radius 2 is 1.73 bits per heavy atom. The van der Waals surface area contributed by atoms with Crippen molar-refractivity contribution in [3.05, 3.63) is 81.8 Å². The van der Waals surface area contributed by atoms with E-state index in [4.69, 9.17) is 0 Å². The van der Waals surface area contributed by atoms with Crippen LogP contribution in [-0.2, 0) is 6.18 Å². The molecule has 0 aliphatic carbocycles. The number of ether oxygens (including phenoxy) is 1. The summed E-state index contributed by atoms with van der Waals surface area (Å²) < 4.78 is 82.6. The number of hydrogen-bond donors (Lipinski definition) is 1. The smallest absolute Gasteiger partial charge is 0.422 e. The number of nitrogens with zero attached hydrogens (tertiary/aromatic N) is 2. The molecule has 33 heavy (non-hydrogen) atoms. The first-order chi connectivity index (χ1) is 15.3. The van der Waals surface area contributed by atoms with Crippen molar-refractivity contribution < 1.29 is 35.9 Å². The molecule has 1 heterocycles. The number of carbonyl (C=O) groups excluding carboxylic acids is 1. The second-order valence-electron chi connectivity index (χ2n) is 6.81. The number of aromatic nitrogens is 2. The molecule has 0 radical (unpaired) electrons. The van der Waals surface area contributed by atoms with Crippen LogP contribution in [0.4, 0.5) is 32.0 Å². The fraction of sp³-hybridized carbons (Fsp3) is 0.190. The Labute approximate surface area is 182 Å². The van der Waals surface area contributed by atoms with Gasteiger partial charge >= 0.3 is 12.4 Å². The normalized spacial score (nSPS) is 11.8. The maximum atomic E-state index is 13.4. The van der Waals surface area contributed by atoms with E-state index in [1.807, 2.05) is 0 Å². The van der Waals surface area contributed by atoms with Gasteiger partial charge in [0, 0.05) is 23.5 Å². The first-order valence-corrected chi connectivity index (χ1v) is 9.24. The van der Waals surface area contributed by atoms with Crippen molar-refractivity contribution in [3.63, 3.8) is 0 Å². The zero-order valence-electron chi connectivity index (χ0n) is 16.8. The molecule has 0 atom stereocenters. The third-order valence-electron chi connectivity index (χ3n) is 4.25. The summed E-state index contributed by atoms with van der Waals surface area (Å²) in [5.41, 5.74) is -2.93. The van der Waals surface area contributed by atoms with Gasteiger partial charge in [0.1, 0.15) is 5.75 Å². The van der Waals surface area contributed by atoms with Gasteiger partial charge in [-0.1, -0.05) is 18.2 Å². The zero-order valence-corrected chi connectivity index (χ0v) is 16.8. The average molecular weight is 471 g/mol. The molecule has 1 aromatic heterocycles. The van der Waals surface area contributed by atoms with Gasteiger partial charge in [0.05, 0.1) is 11.3 Å². The number of alkyl halides is 6. The third-order valence-corrected chi connectivity index (χ3v) is 4.25. The lowest BCUT2D eigenvalue weighted by atomic mass is 10.1. The highest BCUT2D eigenvalue weighted by Crippen LogP contribution is 2.33. The minimum atomic E-state index is -4.72. The topological polar surface area (TPSA) is 73.2 Å². The minimum absolute atomic E-state index is 0.0105. The average Bonchev–Trinajstić information content (AvgIpc) is 2.71. The summed E-state index contributed by atoms with van der Waals surface area (Å²) in [6, 6.07) is 10.4. The van der Waals surface area contributed by atoms with Gasteiger partial charge in [-0.25, -0.2) is 4.68 Å². The number of hydrogen-bond acceptors (Lipinski definition) is 4. The molecule has 174 valence electrons. The number of nitrogens with one attached hydrogen (secondary N) is 1. The SMILES string of the molecule is Cc1cc(=O)c(C(=O)Nc2cccc(OCC(F)(F)F)c2)nn1-c1ccccc1C(F)(F)F. The molecule has 2 aromatic carbocycles. The van der Waals surface area contributed by atoms with Crippen LogP contribution in [0.15, 0.2) is 59.4 Å². The van der Waals surface area contributed by atoms with Crippen LogP contribution in [0.2, 0.25) is 0 Å². The first-order valence-electron chi connectivity index (χ1n) is 9.24. The van der Waals surface area contributed by atoms with Crippen LogP contribution in [0.3, 0.4) is 0 Å². The summed E-state index contributed by atoms with van der Waals surface area (Å²) in [5.74, 6) is -1.26. The molecule has 0 fully saturated rings. The molecule has 3 rings (SSSR count). The van der Waals surface area contributed by atoms with Gasteiger partial charge in [-0.3, -0.25) is 9.59 Å². The Hall–Kier alpha value is -3.83. The Kier molecular flexibility index (Phi) is 6.47. The summed E-state index contributed by atoms with van der Waals surface area (Å²) in [4.78, 5) is 24.9. The molecule has 6 nitrogen and oxygen atoms in total. The highest BCUT2D eigenvalue weighted by molar-refractivity contribution is 6.02. The molecule has 0 spiro atoms. The monoisotopic (exact) mass is 471 g/mol. The predicted molar refractivity (Wildman–Crippen MR) is 106 cm³/mol. The highest BCUT2D eigenvalue weighted by atomic mass is 19.4. The summed E-state index contributed by atoms with van der Waals surface area (Å²) in [6.45, 7) is -0.196. The van der Waals surface area contributed by atoms with Crippen molar-refractivity contribution >= 4 is 11.6 Å². The molecule has 1 amide bonds. The van der Waals surface area contributed by atoms with Crippen LogP contribution in [0, 0.1) is 6.92 Å². The molecule has 3 aromatic rings. The Morgan fingerprint density at radius 3 is 2.39 bits per heavy atom. The number of rotatable bonds is 5. The van der Waals surface area contributed by atoms with Crippen molar-refractivity contribution in [2.24, 2.45) is 0 Å². The fourth-order valence-corrected chi connectivity index (χ4v) is 2.87. The van der Waals surface area contributed by atoms with Crippen LogP contribution in [0.5, 0.6) is 5.75 Å². The summed E-state index contributed by atoms with van der Waals surface area (Å²) in [7, 11) is 0. The van der Waals surface area contributed by atoms with E-state index < -0.39 is 41.6 Å². The number of aryl methyl sites for hydroxylation is 1. The number of anilines is 1. The number of benzene rings is 2. The van der Waals surface area contributed by atoms with Crippen molar-refractivity contribution in [2.75, 3.05) is 11.9 Å².